The summed E-state index contributed by atoms with van der Waals surface area (Å²) < 4.78 is 11.6. The molecule has 0 saturated carbocycles. The van der Waals surface area contributed by atoms with Crippen molar-refractivity contribution in [1.82, 2.24) is 5.32 Å². The first-order chi connectivity index (χ1) is 13.3. The fourth-order valence-electron chi connectivity index (χ4n) is 3.77. The van der Waals surface area contributed by atoms with Crippen LogP contribution in [0.4, 0.5) is 0 Å². The quantitative estimate of drug-likeness (QED) is 0.699. The number of nitrogens with one attached hydrogen (secondary N) is 1. The van der Waals surface area contributed by atoms with E-state index in [4.69, 9.17) is 9.47 Å². The van der Waals surface area contributed by atoms with Gasteiger partial charge in [0.15, 0.2) is 0 Å². The molecule has 3 nitrogen and oxygen atoms in total. The molecule has 0 amide bonds. The molecule has 1 aliphatic heterocycles. The van der Waals surface area contributed by atoms with E-state index in [0.29, 0.717) is 6.61 Å². The van der Waals surface area contributed by atoms with Gasteiger partial charge >= 0.3 is 0 Å². The summed E-state index contributed by atoms with van der Waals surface area (Å²) in [5, 5.41) is 3.83. The van der Waals surface area contributed by atoms with Gasteiger partial charge in [-0.2, -0.15) is 0 Å². The molecule has 0 aromatic heterocycles. The summed E-state index contributed by atoms with van der Waals surface area (Å²) in [7, 11) is 1.72. The fraction of sp³-hybridized carbons (Fsp3) is 0.250. The highest BCUT2D eigenvalue weighted by molar-refractivity contribution is 5.46. The number of ether oxygens (including phenoxy) is 2. The van der Waals surface area contributed by atoms with Gasteiger partial charge in [0.2, 0.25) is 0 Å². The van der Waals surface area contributed by atoms with Crippen LogP contribution in [0.5, 0.6) is 11.5 Å². The van der Waals surface area contributed by atoms with Crippen molar-refractivity contribution in [3.63, 3.8) is 0 Å². The lowest BCUT2D eigenvalue weighted by Gasteiger charge is -2.31. The van der Waals surface area contributed by atoms with Crippen molar-refractivity contribution in [2.24, 2.45) is 0 Å². The van der Waals surface area contributed by atoms with Gasteiger partial charge in [0.05, 0.1) is 7.11 Å². The average Bonchev–Trinajstić information content (AvgIpc) is 2.74. The molecule has 0 spiro atoms. The molecule has 0 bridgehead atoms. The Labute approximate surface area is 161 Å². The van der Waals surface area contributed by atoms with Gasteiger partial charge in [-0.15, -0.1) is 0 Å². The minimum Gasteiger partial charge on any atom is -0.496 e. The van der Waals surface area contributed by atoms with Crippen LogP contribution < -0.4 is 14.8 Å². The van der Waals surface area contributed by atoms with Gasteiger partial charge in [-0.05, 0) is 36.1 Å². The summed E-state index contributed by atoms with van der Waals surface area (Å²) in [5.74, 6) is 1.84. The lowest BCUT2D eigenvalue weighted by molar-refractivity contribution is 0.223. The Morgan fingerprint density at radius 1 is 0.963 bits per heavy atom. The summed E-state index contributed by atoms with van der Waals surface area (Å²) in [6, 6.07) is 27.8. The highest BCUT2D eigenvalue weighted by atomic mass is 16.5. The van der Waals surface area contributed by atoms with Crippen molar-refractivity contribution in [2.75, 3.05) is 13.7 Å². The van der Waals surface area contributed by atoms with E-state index in [1.807, 2.05) is 18.2 Å². The molecule has 2 atom stereocenters. The van der Waals surface area contributed by atoms with Crippen LogP contribution in [0.2, 0.25) is 0 Å². The predicted molar refractivity (Wildman–Crippen MR) is 108 cm³/mol. The molecular formula is C24H25NO2. The first kappa shape index (κ1) is 17.6. The number of benzene rings is 3. The van der Waals surface area contributed by atoms with Crippen LogP contribution in [0.15, 0.2) is 78.9 Å². The van der Waals surface area contributed by atoms with Gasteiger partial charge in [-0.1, -0.05) is 66.7 Å². The second kappa shape index (κ2) is 8.28. The van der Waals surface area contributed by atoms with Gasteiger partial charge < -0.3 is 14.8 Å². The minimum atomic E-state index is 0.235. The van der Waals surface area contributed by atoms with Crippen LogP contribution in [0.25, 0.3) is 0 Å². The summed E-state index contributed by atoms with van der Waals surface area (Å²) in [6.07, 6.45) is 1.84. The summed E-state index contributed by atoms with van der Waals surface area (Å²) in [6.45, 7) is 0.665. The van der Waals surface area contributed by atoms with Crippen LogP contribution in [-0.4, -0.2) is 19.8 Å². The highest BCUT2D eigenvalue weighted by Gasteiger charge is 2.25. The SMILES string of the molecule is COc1cccc2c1CC(NC(Cc1ccccc1)c1ccccc1)CO2. The first-order valence-corrected chi connectivity index (χ1v) is 9.47. The van der Waals surface area contributed by atoms with Crippen molar-refractivity contribution in [2.45, 2.75) is 24.9 Å². The van der Waals surface area contributed by atoms with Gasteiger partial charge in [-0.25, -0.2) is 0 Å². The molecule has 0 fully saturated rings. The highest BCUT2D eigenvalue weighted by Crippen LogP contribution is 2.33. The summed E-state index contributed by atoms with van der Waals surface area (Å²) in [5.41, 5.74) is 3.77. The number of rotatable bonds is 6. The molecule has 3 aromatic carbocycles. The normalized spacial score (nSPS) is 16.9. The van der Waals surface area contributed by atoms with Crippen molar-refractivity contribution in [3.8, 4) is 11.5 Å². The maximum absolute atomic E-state index is 6.02. The van der Waals surface area contributed by atoms with Crippen molar-refractivity contribution in [3.05, 3.63) is 95.6 Å². The van der Waals surface area contributed by atoms with E-state index < -0.39 is 0 Å². The monoisotopic (exact) mass is 359 g/mol. The van der Waals surface area contributed by atoms with E-state index in [0.717, 1.165) is 29.9 Å². The molecule has 1 N–H and O–H groups in total. The Bertz CT molecular complexity index is 850. The maximum atomic E-state index is 6.02. The van der Waals surface area contributed by atoms with E-state index in [2.05, 4.69) is 66.0 Å². The first-order valence-electron chi connectivity index (χ1n) is 9.47. The lowest BCUT2D eigenvalue weighted by Crippen LogP contribution is -2.42. The van der Waals surface area contributed by atoms with E-state index in [-0.39, 0.29) is 12.1 Å². The Morgan fingerprint density at radius 3 is 2.44 bits per heavy atom. The largest absolute Gasteiger partial charge is 0.496 e. The molecule has 1 aliphatic rings. The van der Waals surface area contributed by atoms with Gasteiger partial charge in [0.1, 0.15) is 18.1 Å². The Hall–Kier alpha value is -2.78. The van der Waals surface area contributed by atoms with Gasteiger partial charge in [0, 0.05) is 17.6 Å². The van der Waals surface area contributed by atoms with Crippen molar-refractivity contribution < 1.29 is 9.47 Å². The Kier molecular flexibility index (Phi) is 5.40. The maximum Gasteiger partial charge on any atom is 0.126 e. The van der Waals surface area contributed by atoms with Crippen molar-refractivity contribution in [1.29, 1.82) is 0 Å². The smallest absolute Gasteiger partial charge is 0.126 e. The molecule has 3 heteroatoms. The van der Waals surface area contributed by atoms with Crippen LogP contribution >= 0.6 is 0 Å². The molecule has 4 rings (SSSR count). The minimum absolute atomic E-state index is 0.235. The van der Waals surface area contributed by atoms with Crippen molar-refractivity contribution >= 4 is 0 Å². The van der Waals surface area contributed by atoms with E-state index in [9.17, 15) is 0 Å². The molecule has 0 saturated heterocycles. The zero-order chi connectivity index (χ0) is 18.5. The van der Waals surface area contributed by atoms with Crippen LogP contribution in [0.1, 0.15) is 22.7 Å². The summed E-state index contributed by atoms with van der Waals surface area (Å²) >= 11 is 0. The third-order valence-electron chi connectivity index (χ3n) is 5.12. The average molecular weight is 359 g/mol. The van der Waals surface area contributed by atoms with E-state index >= 15 is 0 Å². The second-order valence-electron chi connectivity index (χ2n) is 6.97. The molecule has 138 valence electrons. The van der Waals surface area contributed by atoms with E-state index in [1.54, 1.807) is 7.11 Å². The van der Waals surface area contributed by atoms with Crippen LogP contribution in [0, 0.1) is 0 Å². The topological polar surface area (TPSA) is 30.5 Å². The van der Waals surface area contributed by atoms with Crippen LogP contribution in [-0.2, 0) is 12.8 Å². The summed E-state index contributed by atoms with van der Waals surface area (Å²) in [4.78, 5) is 0. The molecule has 2 unspecified atom stereocenters. The molecule has 3 aromatic rings. The molecular weight excluding hydrogens is 334 g/mol. The number of hydrogen-bond donors (Lipinski definition) is 1. The third-order valence-corrected chi connectivity index (χ3v) is 5.12. The molecule has 0 radical (unpaired) electrons. The zero-order valence-electron chi connectivity index (χ0n) is 15.6. The van der Waals surface area contributed by atoms with Gasteiger partial charge in [-0.3, -0.25) is 0 Å². The standard InChI is InChI=1S/C24H25NO2/c1-26-23-13-8-14-24-21(23)16-20(17-27-24)25-22(19-11-6-3-7-12-19)15-18-9-4-2-5-10-18/h2-14,20,22,25H,15-17H2,1H3. The Morgan fingerprint density at radius 2 is 1.70 bits per heavy atom. The fourth-order valence-corrected chi connectivity index (χ4v) is 3.77. The zero-order valence-corrected chi connectivity index (χ0v) is 15.6. The molecule has 1 heterocycles. The second-order valence-corrected chi connectivity index (χ2v) is 6.97. The number of hydrogen-bond acceptors (Lipinski definition) is 3. The van der Waals surface area contributed by atoms with Gasteiger partial charge in [0.25, 0.3) is 0 Å². The third kappa shape index (κ3) is 4.15. The van der Waals surface area contributed by atoms with E-state index in [1.165, 1.54) is 11.1 Å². The number of methoxy groups -OCH3 is 1. The Balaban J connectivity index is 1.55. The van der Waals surface area contributed by atoms with Crippen LogP contribution in [0.3, 0.4) is 0 Å². The number of fused-ring (bicyclic) bond motifs is 1. The molecule has 27 heavy (non-hydrogen) atoms. The molecule has 0 aliphatic carbocycles. The predicted octanol–water partition coefficient (Wildman–Crippen LogP) is 4.57. The lowest BCUT2D eigenvalue weighted by atomic mass is 9.95.